The molecule has 176 valence electrons. The van der Waals surface area contributed by atoms with E-state index in [0.29, 0.717) is 0 Å². The van der Waals surface area contributed by atoms with E-state index in [1.807, 2.05) is 38.1 Å². The van der Waals surface area contributed by atoms with E-state index < -0.39 is 23.5 Å². The number of aliphatic carboxylic acids is 1. The van der Waals surface area contributed by atoms with Crippen LogP contribution in [-0.2, 0) is 14.3 Å². The van der Waals surface area contributed by atoms with Gasteiger partial charge in [0.15, 0.2) is 0 Å². The molecule has 2 aromatic rings. The Hall–Kier alpha value is -3.35. The molecule has 0 spiro atoms. The van der Waals surface area contributed by atoms with Gasteiger partial charge in [-0.05, 0) is 42.0 Å². The van der Waals surface area contributed by atoms with Gasteiger partial charge in [-0.2, -0.15) is 0 Å². The Morgan fingerprint density at radius 1 is 1.03 bits per heavy atom. The van der Waals surface area contributed by atoms with Gasteiger partial charge in [0.1, 0.15) is 12.1 Å². The highest BCUT2D eigenvalue weighted by molar-refractivity contribution is 5.88. The fourth-order valence-electron chi connectivity index (χ4n) is 4.12. The number of amides is 2. The maximum atomic E-state index is 13.0. The van der Waals surface area contributed by atoms with E-state index in [-0.39, 0.29) is 30.9 Å². The van der Waals surface area contributed by atoms with E-state index in [1.54, 1.807) is 0 Å². The molecular formula is C26H32N2O5. The third-order valence-corrected chi connectivity index (χ3v) is 6.62. The molecule has 1 aliphatic carbocycles. The summed E-state index contributed by atoms with van der Waals surface area (Å²) in [6.07, 6.45) is -0.601. The first-order valence-corrected chi connectivity index (χ1v) is 11.2. The Bertz CT molecular complexity index is 1000. The van der Waals surface area contributed by atoms with Gasteiger partial charge in [-0.15, -0.1) is 0 Å². The molecule has 1 aliphatic rings. The number of alkyl carbamates (subject to hydrolysis) is 1. The van der Waals surface area contributed by atoms with Gasteiger partial charge < -0.3 is 20.1 Å². The normalized spacial score (nSPS) is 13.8. The summed E-state index contributed by atoms with van der Waals surface area (Å²) in [4.78, 5) is 38.2. The van der Waals surface area contributed by atoms with Crippen molar-refractivity contribution in [1.82, 2.24) is 10.2 Å². The van der Waals surface area contributed by atoms with E-state index in [1.165, 1.54) is 25.8 Å². The van der Waals surface area contributed by atoms with Crippen molar-refractivity contribution < 1.29 is 24.2 Å². The van der Waals surface area contributed by atoms with Crippen LogP contribution < -0.4 is 5.32 Å². The third-order valence-electron chi connectivity index (χ3n) is 6.62. The van der Waals surface area contributed by atoms with E-state index in [2.05, 4.69) is 29.6 Å². The van der Waals surface area contributed by atoms with Crippen LogP contribution in [0.25, 0.3) is 11.1 Å². The SMILES string of the molecule is CC(C)C(CNC(=O)OCC1c2ccccc2-c2ccccc21)C(=O)N(C)C(C)(C)C(=O)O. The molecule has 2 aromatic carbocycles. The first-order valence-electron chi connectivity index (χ1n) is 11.2. The summed E-state index contributed by atoms with van der Waals surface area (Å²) >= 11 is 0. The molecule has 0 saturated heterocycles. The largest absolute Gasteiger partial charge is 0.480 e. The van der Waals surface area contributed by atoms with Crippen molar-refractivity contribution in [3.63, 3.8) is 0 Å². The van der Waals surface area contributed by atoms with E-state index in [0.717, 1.165) is 22.3 Å². The zero-order chi connectivity index (χ0) is 24.3. The lowest BCUT2D eigenvalue weighted by Crippen LogP contribution is -2.54. The van der Waals surface area contributed by atoms with Crippen molar-refractivity contribution in [1.29, 1.82) is 0 Å². The average Bonchev–Trinajstić information content (AvgIpc) is 3.10. The second-order valence-electron chi connectivity index (χ2n) is 9.32. The molecule has 7 heteroatoms. The number of nitrogens with one attached hydrogen (secondary N) is 1. The fraction of sp³-hybridized carbons (Fsp3) is 0.423. The molecule has 0 heterocycles. The Labute approximate surface area is 194 Å². The molecule has 3 rings (SSSR count). The number of hydrogen-bond donors (Lipinski definition) is 2. The number of carbonyl (C=O) groups is 3. The molecule has 0 saturated carbocycles. The first-order chi connectivity index (χ1) is 15.6. The standard InChI is InChI=1S/C26H32N2O5/c1-16(2)21(23(29)28(5)26(3,4)24(30)31)14-27-25(32)33-15-22-19-12-8-6-10-17(19)18-11-7-9-13-20(18)22/h6-13,16,21-22H,14-15H2,1-5H3,(H,27,32)(H,30,31). The lowest BCUT2D eigenvalue weighted by atomic mass is 9.92. The Balaban J connectivity index is 1.63. The molecule has 2 N–H and O–H groups in total. The number of benzene rings is 2. The van der Waals surface area contributed by atoms with Crippen LogP contribution in [0.3, 0.4) is 0 Å². The highest BCUT2D eigenvalue weighted by Gasteiger charge is 2.39. The van der Waals surface area contributed by atoms with Crippen LogP contribution in [0.1, 0.15) is 44.7 Å². The summed E-state index contributed by atoms with van der Waals surface area (Å²) in [5, 5.41) is 12.1. The topological polar surface area (TPSA) is 95.9 Å². The lowest BCUT2D eigenvalue weighted by molar-refractivity contribution is -0.157. The van der Waals surface area contributed by atoms with Crippen LogP contribution in [0.4, 0.5) is 4.79 Å². The van der Waals surface area contributed by atoms with Crippen LogP contribution in [0, 0.1) is 11.8 Å². The predicted molar refractivity (Wildman–Crippen MR) is 126 cm³/mol. The van der Waals surface area contributed by atoms with Gasteiger partial charge in [0.2, 0.25) is 5.91 Å². The van der Waals surface area contributed by atoms with Gasteiger partial charge >= 0.3 is 12.1 Å². The van der Waals surface area contributed by atoms with Crippen LogP contribution in [0.15, 0.2) is 48.5 Å². The molecule has 2 amide bonds. The van der Waals surface area contributed by atoms with Gasteiger partial charge in [-0.25, -0.2) is 9.59 Å². The molecule has 0 bridgehead atoms. The van der Waals surface area contributed by atoms with Gasteiger partial charge in [0.25, 0.3) is 0 Å². The summed E-state index contributed by atoms with van der Waals surface area (Å²) in [6.45, 7) is 6.93. The summed E-state index contributed by atoms with van der Waals surface area (Å²) in [5.74, 6) is -2.15. The molecule has 0 aliphatic heterocycles. The van der Waals surface area contributed by atoms with E-state index in [4.69, 9.17) is 4.74 Å². The molecule has 0 aromatic heterocycles. The average molecular weight is 453 g/mol. The number of likely N-dealkylation sites (N-methyl/N-ethyl adjacent to an activating group) is 1. The van der Waals surface area contributed by atoms with Crippen molar-refractivity contribution in [3.05, 3.63) is 59.7 Å². The van der Waals surface area contributed by atoms with Gasteiger partial charge in [-0.1, -0.05) is 62.4 Å². The van der Waals surface area contributed by atoms with E-state index >= 15 is 0 Å². The van der Waals surface area contributed by atoms with Crippen LogP contribution in [0.5, 0.6) is 0 Å². The lowest BCUT2D eigenvalue weighted by Gasteiger charge is -2.35. The number of ether oxygens (including phenoxy) is 1. The number of rotatable bonds is 8. The summed E-state index contributed by atoms with van der Waals surface area (Å²) in [6, 6.07) is 16.2. The Kier molecular flexibility index (Phi) is 7.10. The van der Waals surface area contributed by atoms with Gasteiger partial charge in [0, 0.05) is 19.5 Å². The molecule has 0 fully saturated rings. The summed E-state index contributed by atoms with van der Waals surface area (Å²) < 4.78 is 5.55. The van der Waals surface area contributed by atoms with Crippen molar-refractivity contribution in [3.8, 4) is 11.1 Å². The van der Waals surface area contributed by atoms with E-state index in [9.17, 15) is 19.5 Å². The highest BCUT2D eigenvalue weighted by Crippen LogP contribution is 2.44. The maximum absolute atomic E-state index is 13.0. The number of fused-ring (bicyclic) bond motifs is 3. The molecule has 1 atom stereocenters. The van der Waals surface area contributed by atoms with Gasteiger partial charge in [0.05, 0.1) is 5.92 Å². The van der Waals surface area contributed by atoms with Crippen molar-refractivity contribution in [2.45, 2.75) is 39.2 Å². The van der Waals surface area contributed by atoms with Crippen LogP contribution in [0.2, 0.25) is 0 Å². The predicted octanol–water partition coefficient (Wildman–Crippen LogP) is 4.12. The highest BCUT2D eigenvalue weighted by atomic mass is 16.5. The quantitative estimate of drug-likeness (QED) is 0.628. The number of nitrogens with zero attached hydrogens (tertiary/aromatic N) is 1. The molecular weight excluding hydrogens is 420 g/mol. The summed E-state index contributed by atoms with van der Waals surface area (Å²) in [5.41, 5.74) is 3.19. The van der Waals surface area contributed by atoms with Crippen LogP contribution >= 0.6 is 0 Å². The number of hydrogen-bond acceptors (Lipinski definition) is 4. The minimum absolute atomic E-state index is 0.0480. The zero-order valence-electron chi connectivity index (χ0n) is 19.8. The zero-order valence-corrected chi connectivity index (χ0v) is 19.8. The monoisotopic (exact) mass is 452 g/mol. The van der Waals surface area contributed by atoms with Crippen LogP contribution in [-0.4, -0.2) is 53.7 Å². The minimum Gasteiger partial charge on any atom is -0.480 e. The second-order valence-corrected chi connectivity index (χ2v) is 9.32. The molecule has 1 unspecified atom stereocenters. The maximum Gasteiger partial charge on any atom is 0.407 e. The first kappa shape index (κ1) is 24.3. The minimum atomic E-state index is -1.35. The Morgan fingerprint density at radius 3 is 2.03 bits per heavy atom. The smallest absolute Gasteiger partial charge is 0.407 e. The van der Waals surface area contributed by atoms with Crippen molar-refractivity contribution in [2.75, 3.05) is 20.2 Å². The Morgan fingerprint density at radius 2 is 1.55 bits per heavy atom. The van der Waals surface area contributed by atoms with Crippen molar-refractivity contribution in [2.24, 2.45) is 11.8 Å². The summed E-state index contributed by atoms with van der Waals surface area (Å²) in [7, 11) is 1.47. The third kappa shape index (κ3) is 4.87. The number of carboxylic acid groups (broad SMARTS) is 1. The number of carboxylic acids is 1. The fourth-order valence-corrected chi connectivity index (χ4v) is 4.12. The molecule has 33 heavy (non-hydrogen) atoms. The molecule has 7 nitrogen and oxygen atoms in total. The van der Waals surface area contributed by atoms with Gasteiger partial charge in [-0.3, -0.25) is 4.79 Å². The number of carbonyl (C=O) groups excluding carboxylic acids is 2. The second kappa shape index (κ2) is 9.65. The molecule has 0 radical (unpaired) electrons. The van der Waals surface area contributed by atoms with Crippen molar-refractivity contribution >= 4 is 18.0 Å².